The molecule has 0 aromatic carbocycles. The smallest absolute Gasteiger partial charge is 0.326 e. The summed E-state index contributed by atoms with van der Waals surface area (Å²) < 4.78 is 0. The van der Waals surface area contributed by atoms with Crippen LogP contribution in [0.2, 0.25) is 0 Å². The van der Waals surface area contributed by atoms with Crippen molar-refractivity contribution in [2.75, 3.05) is 6.61 Å². The van der Waals surface area contributed by atoms with Crippen LogP contribution < -0.4 is 27.4 Å². The zero-order chi connectivity index (χ0) is 23.4. The largest absolute Gasteiger partial charge is 0.481 e. The zero-order valence-electron chi connectivity index (χ0n) is 16.3. The number of aliphatic carboxylic acids is 2. The third kappa shape index (κ3) is 10.3. The lowest BCUT2D eigenvalue weighted by molar-refractivity contribution is -0.143. The molecule has 0 fully saturated rings. The number of hydrogen-bond donors (Lipinski definition) is 8. The highest BCUT2D eigenvalue weighted by Gasteiger charge is 2.28. The van der Waals surface area contributed by atoms with Gasteiger partial charge in [-0.2, -0.15) is 0 Å². The Morgan fingerprint density at radius 1 is 0.833 bits per heavy atom. The third-order valence-electron chi connectivity index (χ3n) is 3.87. The highest BCUT2D eigenvalue weighted by molar-refractivity contribution is 5.94. The Hall–Kier alpha value is -3.26. The second-order valence-corrected chi connectivity index (χ2v) is 6.42. The van der Waals surface area contributed by atoms with Crippen molar-refractivity contribution >= 4 is 35.6 Å². The Morgan fingerprint density at radius 3 is 1.87 bits per heavy atom. The summed E-state index contributed by atoms with van der Waals surface area (Å²) in [7, 11) is 0. The number of carboxylic acids is 2. The van der Waals surface area contributed by atoms with Gasteiger partial charge in [0.1, 0.15) is 18.1 Å². The molecule has 0 rings (SSSR count). The standard InChI is InChI=1S/C16H27N5O9/c1-7(19-14(27)8(17)2-4-11(18)23)13(26)21-10(6-22)15(28)20-9(16(29)30)3-5-12(24)25/h7-10,22H,2-6,17H2,1H3,(H2,18,23)(H,19,27)(H,20,28)(H,21,26)(H,24,25)(H,29,30). The average molecular weight is 433 g/mol. The van der Waals surface area contributed by atoms with E-state index in [1.165, 1.54) is 6.92 Å². The second-order valence-electron chi connectivity index (χ2n) is 6.42. The lowest BCUT2D eigenvalue weighted by Gasteiger charge is -2.22. The van der Waals surface area contributed by atoms with Gasteiger partial charge in [-0.15, -0.1) is 0 Å². The molecule has 14 nitrogen and oxygen atoms in total. The van der Waals surface area contributed by atoms with Crippen LogP contribution in [0, 0.1) is 0 Å². The van der Waals surface area contributed by atoms with E-state index in [4.69, 9.17) is 21.7 Å². The van der Waals surface area contributed by atoms with Crippen LogP contribution in [0.15, 0.2) is 0 Å². The van der Waals surface area contributed by atoms with E-state index in [1.807, 2.05) is 5.32 Å². The summed E-state index contributed by atoms with van der Waals surface area (Å²) >= 11 is 0. The molecule has 170 valence electrons. The van der Waals surface area contributed by atoms with Crippen molar-refractivity contribution in [2.45, 2.75) is 56.8 Å². The Bertz CT molecular complexity index is 669. The first-order valence-corrected chi connectivity index (χ1v) is 8.89. The molecule has 4 atom stereocenters. The molecule has 14 heteroatoms. The van der Waals surface area contributed by atoms with E-state index < -0.39 is 79.2 Å². The van der Waals surface area contributed by atoms with Crippen LogP contribution in [-0.4, -0.2) is 81.7 Å². The molecule has 0 heterocycles. The van der Waals surface area contributed by atoms with Gasteiger partial charge in [-0.05, 0) is 19.8 Å². The number of aliphatic hydroxyl groups excluding tert-OH is 1. The van der Waals surface area contributed by atoms with Gasteiger partial charge in [0, 0.05) is 12.8 Å². The van der Waals surface area contributed by atoms with E-state index in [0.29, 0.717) is 0 Å². The molecule has 0 saturated heterocycles. The predicted octanol–water partition coefficient (Wildman–Crippen LogP) is -4.00. The maximum absolute atomic E-state index is 12.1. The molecule has 0 radical (unpaired) electrons. The van der Waals surface area contributed by atoms with Gasteiger partial charge in [-0.3, -0.25) is 24.0 Å². The first-order chi connectivity index (χ1) is 13.9. The Morgan fingerprint density at radius 2 is 1.40 bits per heavy atom. The van der Waals surface area contributed by atoms with E-state index in [-0.39, 0.29) is 12.8 Å². The summed E-state index contributed by atoms with van der Waals surface area (Å²) in [6.45, 7) is 0.384. The highest BCUT2D eigenvalue weighted by atomic mass is 16.4. The molecule has 0 saturated carbocycles. The number of amides is 4. The van der Waals surface area contributed by atoms with Crippen LogP contribution in [0.4, 0.5) is 0 Å². The SMILES string of the molecule is CC(NC(=O)C(N)CCC(N)=O)C(=O)NC(CO)C(=O)NC(CCC(=O)O)C(=O)O. The number of rotatable bonds is 14. The topological polar surface area (TPSA) is 251 Å². The maximum atomic E-state index is 12.1. The fourth-order valence-corrected chi connectivity index (χ4v) is 2.10. The number of carboxylic acid groups (broad SMARTS) is 2. The molecular formula is C16H27N5O9. The molecule has 0 spiro atoms. The van der Waals surface area contributed by atoms with Gasteiger partial charge >= 0.3 is 11.9 Å². The summed E-state index contributed by atoms with van der Waals surface area (Å²) in [5.74, 6) is -6.08. The summed E-state index contributed by atoms with van der Waals surface area (Å²) in [6, 6.07) is -5.37. The van der Waals surface area contributed by atoms with Crippen molar-refractivity contribution in [3.8, 4) is 0 Å². The average Bonchev–Trinajstić information content (AvgIpc) is 2.66. The van der Waals surface area contributed by atoms with E-state index in [1.54, 1.807) is 0 Å². The predicted molar refractivity (Wildman–Crippen MR) is 99.5 cm³/mol. The molecule has 30 heavy (non-hydrogen) atoms. The minimum absolute atomic E-state index is 0.0376. The number of carbonyl (C=O) groups excluding carboxylic acids is 4. The lowest BCUT2D eigenvalue weighted by atomic mass is 10.1. The molecule has 4 unspecified atom stereocenters. The minimum Gasteiger partial charge on any atom is -0.481 e. The Balaban J connectivity index is 4.80. The van der Waals surface area contributed by atoms with Crippen LogP contribution in [0.3, 0.4) is 0 Å². The van der Waals surface area contributed by atoms with Crippen LogP contribution >= 0.6 is 0 Å². The molecular weight excluding hydrogens is 406 g/mol. The van der Waals surface area contributed by atoms with Gasteiger partial charge in [-0.1, -0.05) is 0 Å². The van der Waals surface area contributed by atoms with E-state index >= 15 is 0 Å². The number of nitrogens with two attached hydrogens (primary N) is 2. The number of aliphatic hydroxyl groups is 1. The number of primary amides is 1. The van der Waals surface area contributed by atoms with Crippen molar-refractivity contribution in [3.05, 3.63) is 0 Å². The molecule has 0 aromatic heterocycles. The minimum atomic E-state index is -1.55. The molecule has 0 aliphatic carbocycles. The van der Waals surface area contributed by atoms with Crippen LogP contribution in [0.5, 0.6) is 0 Å². The van der Waals surface area contributed by atoms with Crippen molar-refractivity contribution in [1.29, 1.82) is 0 Å². The van der Waals surface area contributed by atoms with E-state index in [9.17, 15) is 33.9 Å². The van der Waals surface area contributed by atoms with Gasteiger partial charge in [0.2, 0.25) is 23.6 Å². The fraction of sp³-hybridized carbons (Fsp3) is 0.625. The Labute approximate surface area is 171 Å². The fourth-order valence-electron chi connectivity index (χ4n) is 2.10. The van der Waals surface area contributed by atoms with E-state index in [2.05, 4.69) is 10.6 Å². The Kier molecular flexibility index (Phi) is 11.6. The zero-order valence-corrected chi connectivity index (χ0v) is 16.3. The third-order valence-corrected chi connectivity index (χ3v) is 3.87. The van der Waals surface area contributed by atoms with Gasteiger partial charge in [0.25, 0.3) is 0 Å². The summed E-state index contributed by atoms with van der Waals surface area (Å²) in [6.07, 6.45) is -1.09. The first kappa shape index (κ1) is 26.7. The summed E-state index contributed by atoms with van der Waals surface area (Å²) in [4.78, 5) is 68.6. The monoisotopic (exact) mass is 433 g/mol. The second kappa shape index (κ2) is 13.1. The molecule has 0 aliphatic heterocycles. The van der Waals surface area contributed by atoms with Crippen LogP contribution in [0.1, 0.15) is 32.6 Å². The van der Waals surface area contributed by atoms with Gasteiger partial charge in [0.05, 0.1) is 12.6 Å². The first-order valence-electron chi connectivity index (χ1n) is 8.89. The number of nitrogens with one attached hydrogen (secondary N) is 3. The van der Waals surface area contributed by atoms with Gasteiger partial charge in [-0.25, -0.2) is 4.79 Å². The molecule has 0 bridgehead atoms. The van der Waals surface area contributed by atoms with Crippen molar-refractivity contribution in [1.82, 2.24) is 16.0 Å². The highest BCUT2D eigenvalue weighted by Crippen LogP contribution is 2.00. The van der Waals surface area contributed by atoms with Crippen LogP contribution in [-0.2, 0) is 28.8 Å². The van der Waals surface area contributed by atoms with Crippen molar-refractivity contribution in [2.24, 2.45) is 11.5 Å². The van der Waals surface area contributed by atoms with Crippen LogP contribution in [0.25, 0.3) is 0 Å². The van der Waals surface area contributed by atoms with E-state index in [0.717, 1.165) is 0 Å². The van der Waals surface area contributed by atoms with Gasteiger partial charge < -0.3 is 42.7 Å². The maximum Gasteiger partial charge on any atom is 0.326 e. The molecule has 10 N–H and O–H groups in total. The normalized spacial score (nSPS) is 14.5. The van der Waals surface area contributed by atoms with Crippen molar-refractivity contribution in [3.63, 3.8) is 0 Å². The van der Waals surface area contributed by atoms with Gasteiger partial charge in [0.15, 0.2) is 0 Å². The molecule has 0 aliphatic rings. The lowest BCUT2D eigenvalue weighted by Crippen LogP contribution is -2.57. The summed E-state index contributed by atoms with van der Waals surface area (Å²) in [5, 5.41) is 33.4. The quantitative estimate of drug-likeness (QED) is 0.132. The molecule has 4 amide bonds. The number of hydrogen-bond acceptors (Lipinski definition) is 8. The number of carbonyl (C=O) groups is 6. The summed E-state index contributed by atoms with van der Waals surface area (Å²) in [5.41, 5.74) is 10.5. The van der Waals surface area contributed by atoms with Crippen molar-refractivity contribution < 1.29 is 44.1 Å². The molecule has 0 aromatic rings.